The molecule has 2 rings (SSSR count). The number of rotatable bonds is 6. The zero-order valence-electron chi connectivity index (χ0n) is 13.6. The summed E-state index contributed by atoms with van der Waals surface area (Å²) in [6.07, 6.45) is 1.08. The molecule has 0 spiro atoms. The molecule has 3 heteroatoms. The lowest BCUT2D eigenvalue weighted by molar-refractivity contribution is 0.403. The first-order valence-corrected chi connectivity index (χ1v) is 7.52. The van der Waals surface area contributed by atoms with Crippen molar-refractivity contribution < 1.29 is 9.15 Å². The molecule has 1 aromatic heterocycles. The Hall–Kier alpha value is -1.74. The minimum Gasteiger partial charge on any atom is -0.496 e. The second kappa shape index (κ2) is 6.81. The van der Waals surface area contributed by atoms with E-state index in [1.165, 1.54) is 11.1 Å². The molecule has 0 aliphatic carbocycles. The van der Waals surface area contributed by atoms with E-state index in [-0.39, 0.29) is 6.04 Å². The maximum absolute atomic E-state index is 5.82. The van der Waals surface area contributed by atoms with Gasteiger partial charge in [-0.15, -0.1) is 0 Å². The molecule has 1 atom stereocenters. The van der Waals surface area contributed by atoms with Gasteiger partial charge in [-0.1, -0.05) is 25.1 Å². The Morgan fingerprint density at radius 3 is 2.43 bits per heavy atom. The molecule has 1 aromatic carbocycles. The summed E-state index contributed by atoms with van der Waals surface area (Å²) in [4.78, 5) is 0. The predicted octanol–water partition coefficient (Wildman–Crippen LogP) is 4.30. The van der Waals surface area contributed by atoms with Gasteiger partial charge in [0.25, 0.3) is 0 Å². The number of methoxy groups -OCH3 is 1. The van der Waals surface area contributed by atoms with Gasteiger partial charge >= 0.3 is 0 Å². The molecule has 0 aliphatic heterocycles. The highest BCUT2D eigenvalue weighted by Gasteiger charge is 2.24. The van der Waals surface area contributed by atoms with Crippen molar-refractivity contribution >= 4 is 0 Å². The van der Waals surface area contributed by atoms with Crippen LogP contribution in [-0.4, -0.2) is 13.7 Å². The topological polar surface area (TPSA) is 34.4 Å². The fourth-order valence-electron chi connectivity index (χ4n) is 2.80. The molecular weight excluding hydrogens is 262 g/mol. The van der Waals surface area contributed by atoms with Gasteiger partial charge in [0.1, 0.15) is 17.3 Å². The van der Waals surface area contributed by atoms with Crippen LogP contribution >= 0.6 is 0 Å². The number of aryl methyl sites for hydroxylation is 2. The molecule has 21 heavy (non-hydrogen) atoms. The van der Waals surface area contributed by atoms with Crippen LogP contribution in [0.25, 0.3) is 0 Å². The van der Waals surface area contributed by atoms with Gasteiger partial charge in [0.2, 0.25) is 0 Å². The Kier molecular flexibility index (Phi) is 5.07. The van der Waals surface area contributed by atoms with Crippen molar-refractivity contribution in [2.75, 3.05) is 13.7 Å². The normalized spacial score (nSPS) is 12.4. The average molecular weight is 287 g/mol. The molecule has 114 valence electrons. The van der Waals surface area contributed by atoms with Crippen molar-refractivity contribution in [2.45, 2.75) is 40.2 Å². The van der Waals surface area contributed by atoms with Crippen LogP contribution in [-0.2, 0) is 0 Å². The molecule has 1 N–H and O–H groups in total. The van der Waals surface area contributed by atoms with Crippen LogP contribution in [0.3, 0.4) is 0 Å². The third kappa shape index (κ3) is 3.13. The molecule has 3 nitrogen and oxygen atoms in total. The number of hydrogen-bond acceptors (Lipinski definition) is 3. The van der Waals surface area contributed by atoms with Crippen molar-refractivity contribution in [1.29, 1.82) is 0 Å². The average Bonchev–Trinajstić information content (AvgIpc) is 2.74. The summed E-state index contributed by atoms with van der Waals surface area (Å²) in [7, 11) is 1.72. The fraction of sp³-hybridized carbons (Fsp3) is 0.444. The summed E-state index contributed by atoms with van der Waals surface area (Å²) in [5, 5.41) is 3.63. The number of benzene rings is 1. The lowest BCUT2D eigenvalue weighted by atomic mass is 9.94. The fourth-order valence-corrected chi connectivity index (χ4v) is 2.80. The van der Waals surface area contributed by atoms with E-state index in [4.69, 9.17) is 9.15 Å². The summed E-state index contributed by atoms with van der Waals surface area (Å²) >= 11 is 0. The largest absolute Gasteiger partial charge is 0.496 e. The molecule has 1 heterocycles. The van der Waals surface area contributed by atoms with E-state index in [0.29, 0.717) is 0 Å². The standard InChI is InChI=1S/C18H25NO2/c1-6-11-19-18(15-9-7-8-10-16(15)20-5)17-12(2)13(3)21-14(17)4/h7-10,18-19H,6,11H2,1-5H3. The van der Waals surface area contributed by atoms with Crippen LogP contribution in [0.2, 0.25) is 0 Å². The smallest absolute Gasteiger partial charge is 0.123 e. The van der Waals surface area contributed by atoms with Gasteiger partial charge in [-0.05, 0) is 45.4 Å². The van der Waals surface area contributed by atoms with Crippen LogP contribution in [0.15, 0.2) is 28.7 Å². The highest BCUT2D eigenvalue weighted by Crippen LogP contribution is 2.35. The summed E-state index contributed by atoms with van der Waals surface area (Å²) in [5.74, 6) is 2.87. The molecule has 1 unspecified atom stereocenters. The van der Waals surface area contributed by atoms with Crippen LogP contribution in [0.4, 0.5) is 0 Å². The first-order chi connectivity index (χ1) is 10.1. The lowest BCUT2D eigenvalue weighted by Gasteiger charge is -2.22. The van der Waals surface area contributed by atoms with Crippen molar-refractivity contribution in [3.63, 3.8) is 0 Å². The Morgan fingerprint density at radius 1 is 1.14 bits per heavy atom. The van der Waals surface area contributed by atoms with E-state index in [2.05, 4.69) is 31.3 Å². The lowest BCUT2D eigenvalue weighted by Crippen LogP contribution is -2.24. The second-order valence-corrected chi connectivity index (χ2v) is 5.38. The highest BCUT2D eigenvalue weighted by atomic mass is 16.5. The van der Waals surface area contributed by atoms with E-state index < -0.39 is 0 Å². The Bertz CT molecular complexity index is 601. The van der Waals surface area contributed by atoms with Crippen LogP contribution < -0.4 is 10.1 Å². The number of nitrogens with one attached hydrogen (secondary N) is 1. The highest BCUT2D eigenvalue weighted by molar-refractivity contribution is 5.46. The van der Waals surface area contributed by atoms with E-state index in [1.807, 2.05) is 26.0 Å². The maximum Gasteiger partial charge on any atom is 0.123 e. The van der Waals surface area contributed by atoms with Gasteiger partial charge in [-0.25, -0.2) is 0 Å². The first kappa shape index (κ1) is 15.6. The summed E-state index contributed by atoms with van der Waals surface area (Å²) in [6.45, 7) is 9.30. The van der Waals surface area contributed by atoms with Gasteiger partial charge < -0.3 is 14.5 Å². The molecule has 0 saturated heterocycles. The molecule has 0 amide bonds. The van der Waals surface area contributed by atoms with Gasteiger partial charge in [0.05, 0.1) is 13.2 Å². The molecule has 0 aliphatic rings. The van der Waals surface area contributed by atoms with Crippen molar-refractivity contribution in [3.05, 3.63) is 52.5 Å². The third-order valence-corrected chi connectivity index (χ3v) is 3.95. The monoisotopic (exact) mass is 287 g/mol. The Balaban J connectivity index is 2.52. The predicted molar refractivity (Wildman–Crippen MR) is 86.0 cm³/mol. The minimum atomic E-state index is 0.0959. The summed E-state index contributed by atoms with van der Waals surface area (Å²) in [5.41, 5.74) is 3.60. The van der Waals surface area contributed by atoms with E-state index in [9.17, 15) is 0 Å². The Morgan fingerprint density at radius 2 is 1.86 bits per heavy atom. The molecule has 0 bridgehead atoms. The SMILES string of the molecule is CCCNC(c1ccccc1OC)c1c(C)oc(C)c1C. The molecular formula is C18H25NO2. The molecule has 2 aromatic rings. The maximum atomic E-state index is 5.82. The van der Waals surface area contributed by atoms with E-state index in [0.717, 1.165) is 35.8 Å². The zero-order chi connectivity index (χ0) is 15.4. The number of ether oxygens (including phenoxy) is 1. The zero-order valence-corrected chi connectivity index (χ0v) is 13.6. The third-order valence-electron chi connectivity index (χ3n) is 3.95. The number of furan rings is 1. The first-order valence-electron chi connectivity index (χ1n) is 7.52. The van der Waals surface area contributed by atoms with Crippen molar-refractivity contribution in [3.8, 4) is 5.75 Å². The molecule has 0 fully saturated rings. The van der Waals surface area contributed by atoms with Crippen molar-refractivity contribution in [1.82, 2.24) is 5.32 Å². The number of para-hydroxylation sites is 1. The number of hydrogen-bond donors (Lipinski definition) is 1. The van der Waals surface area contributed by atoms with Gasteiger partial charge in [0.15, 0.2) is 0 Å². The van der Waals surface area contributed by atoms with Crippen LogP contribution in [0.5, 0.6) is 5.75 Å². The van der Waals surface area contributed by atoms with Gasteiger partial charge in [0, 0.05) is 11.1 Å². The second-order valence-electron chi connectivity index (χ2n) is 5.38. The quantitative estimate of drug-likeness (QED) is 0.860. The van der Waals surface area contributed by atoms with Crippen molar-refractivity contribution in [2.24, 2.45) is 0 Å². The molecule has 0 saturated carbocycles. The van der Waals surface area contributed by atoms with Crippen LogP contribution in [0, 0.1) is 20.8 Å². The summed E-state index contributed by atoms with van der Waals surface area (Å²) < 4.78 is 11.4. The Labute approximate surface area is 127 Å². The van der Waals surface area contributed by atoms with Gasteiger partial charge in [-0.2, -0.15) is 0 Å². The van der Waals surface area contributed by atoms with E-state index >= 15 is 0 Å². The van der Waals surface area contributed by atoms with Gasteiger partial charge in [-0.3, -0.25) is 0 Å². The molecule has 0 radical (unpaired) electrons. The summed E-state index contributed by atoms with van der Waals surface area (Å²) in [6, 6.07) is 8.27. The minimum absolute atomic E-state index is 0.0959. The van der Waals surface area contributed by atoms with E-state index in [1.54, 1.807) is 7.11 Å². The van der Waals surface area contributed by atoms with Crippen LogP contribution in [0.1, 0.15) is 47.6 Å².